The van der Waals surface area contributed by atoms with Crippen LogP contribution in [-0.4, -0.2) is 59.3 Å². The summed E-state index contributed by atoms with van der Waals surface area (Å²) in [6, 6.07) is 11.9. The van der Waals surface area contributed by atoms with Crippen molar-refractivity contribution in [2.75, 3.05) is 26.5 Å². The van der Waals surface area contributed by atoms with Crippen LogP contribution in [0.2, 0.25) is 0 Å². The molecule has 0 saturated carbocycles. The van der Waals surface area contributed by atoms with E-state index in [0.29, 0.717) is 6.54 Å². The first-order valence-electron chi connectivity index (χ1n) is 9.18. The van der Waals surface area contributed by atoms with Gasteiger partial charge in [0.25, 0.3) is 0 Å². The van der Waals surface area contributed by atoms with Crippen molar-refractivity contribution < 1.29 is 19.0 Å². The third kappa shape index (κ3) is 3.24. The molecule has 0 spiro atoms. The number of hydrogen-bond acceptors (Lipinski definition) is 6. The Morgan fingerprint density at radius 3 is 2.89 bits per heavy atom. The average molecular weight is 367 g/mol. The molecule has 2 saturated heterocycles. The Labute approximate surface area is 157 Å². The van der Waals surface area contributed by atoms with Crippen molar-refractivity contribution in [3.63, 3.8) is 0 Å². The van der Waals surface area contributed by atoms with Gasteiger partial charge in [0.05, 0.1) is 24.4 Å². The maximum absolute atomic E-state index is 12.5. The number of hydrogen-bond donors (Lipinski definition) is 0. The van der Waals surface area contributed by atoms with E-state index in [-0.39, 0.29) is 31.5 Å². The molecular formula is C20H21N3O4. The third-order valence-corrected chi connectivity index (χ3v) is 5.36. The minimum Gasteiger partial charge on any atom is -0.454 e. The average Bonchev–Trinajstić information content (AvgIpc) is 3.31. The van der Waals surface area contributed by atoms with Crippen molar-refractivity contribution in [3.8, 4) is 11.5 Å². The first-order valence-corrected chi connectivity index (χ1v) is 9.18. The zero-order valence-corrected chi connectivity index (χ0v) is 14.9. The highest BCUT2D eigenvalue weighted by atomic mass is 16.7. The topological polar surface area (TPSA) is 64.1 Å². The van der Waals surface area contributed by atoms with Crippen molar-refractivity contribution in [2.45, 2.75) is 25.2 Å². The molecule has 2 fully saturated rings. The summed E-state index contributed by atoms with van der Waals surface area (Å²) in [7, 11) is 0. The number of amides is 1. The second-order valence-corrected chi connectivity index (χ2v) is 7.14. The van der Waals surface area contributed by atoms with E-state index in [9.17, 15) is 4.79 Å². The van der Waals surface area contributed by atoms with Gasteiger partial charge in [0, 0.05) is 25.8 Å². The number of benzene rings is 1. The van der Waals surface area contributed by atoms with Gasteiger partial charge < -0.3 is 19.1 Å². The van der Waals surface area contributed by atoms with Crippen LogP contribution in [0.15, 0.2) is 42.6 Å². The number of likely N-dealkylation sites (tertiary alicyclic amines) is 1. The number of aromatic nitrogens is 1. The molecule has 0 aliphatic carbocycles. The molecule has 3 aliphatic heterocycles. The van der Waals surface area contributed by atoms with E-state index in [1.54, 1.807) is 6.20 Å². The quantitative estimate of drug-likeness (QED) is 0.815. The van der Waals surface area contributed by atoms with Gasteiger partial charge in [0.1, 0.15) is 6.61 Å². The molecule has 0 bridgehead atoms. The fourth-order valence-corrected chi connectivity index (χ4v) is 4.04. The lowest BCUT2D eigenvalue weighted by atomic mass is 10.1. The summed E-state index contributed by atoms with van der Waals surface area (Å²) in [4.78, 5) is 21.1. The first kappa shape index (κ1) is 16.5. The fourth-order valence-electron chi connectivity index (χ4n) is 4.04. The van der Waals surface area contributed by atoms with Crippen molar-refractivity contribution in [1.29, 1.82) is 0 Å². The Balaban J connectivity index is 1.29. The summed E-state index contributed by atoms with van der Waals surface area (Å²) in [5.74, 6) is 1.63. The molecule has 1 aromatic heterocycles. The normalized spacial score (nSPS) is 24.3. The van der Waals surface area contributed by atoms with E-state index >= 15 is 0 Å². The van der Waals surface area contributed by atoms with Gasteiger partial charge in [-0.05, 0) is 29.8 Å². The van der Waals surface area contributed by atoms with Gasteiger partial charge >= 0.3 is 0 Å². The van der Waals surface area contributed by atoms with E-state index < -0.39 is 0 Å². The molecule has 5 rings (SSSR count). The summed E-state index contributed by atoms with van der Waals surface area (Å²) in [6.07, 6.45) is 1.80. The van der Waals surface area contributed by atoms with E-state index in [2.05, 4.69) is 16.0 Å². The van der Waals surface area contributed by atoms with Crippen LogP contribution in [-0.2, 0) is 22.6 Å². The Morgan fingerprint density at radius 1 is 1.07 bits per heavy atom. The molecule has 1 aromatic carbocycles. The Kier molecular flexibility index (Phi) is 4.18. The molecule has 4 heterocycles. The van der Waals surface area contributed by atoms with Gasteiger partial charge in [-0.15, -0.1) is 0 Å². The van der Waals surface area contributed by atoms with Crippen LogP contribution in [0.4, 0.5) is 0 Å². The molecule has 2 aromatic rings. The highest BCUT2D eigenvalue weighted by Gasteiger charge is 2.43. The summed E-state index contributed by atoms with van der Waals surface area (Å²) >= 11 is 0. The van der Waals surface area contributed by atoms with Crippen LogP contribution in [0.3, 0.4) is 0 Å². The highest BCUT2D eigenvalue weighted by Crippen LogP contribution is 2.33. The van der Waals surface area contributed by atoms with Gasteiger partial charge in [-0.3, -0.25) is 14.7 Å². The number of pyridine rings is 1. The van der Waals surface area contributed by atoms with Crippen molar-refractivity contribution in [3.05, 3.63) is 53.9 Å². The fraction of sp³-hybridized carbons (Fsp3) is 0.400. The van der Waals surface area contributed by atoms with Crippen LogP contribution in [0, 0.1) is 0 Å². The number of rotatable bonds is 4. The summed E-state index contributed by atoms with van der Waals surface area (Å²) < 4.78 is 16.7. The number of ether oxygens (including phenoxy) is 3. The molecule has 2 atom stereocenters. The molecule has 7 heteroatoms. The summed E-state index contributed by atoms with van der Waals surface area (Å²) in [5.41, 5.74) is 2.07. The smallest absolute Gasteiger partial charge is 0.249 e. The SMILES string of the molecule is O=C1COC2CN(Cc3ccc4c(c3)OCO4)CC2N1Cc1ccccn1. The van der Waals surface area contributed by atoms with Crippen molar-refractivity contribution in [2.24, 2.45) is 0 Å². The molecule has 1 amide bonds. The zero-order chi connectivity index (χ0) is 18.2. The molecule has 140 valence electrons. The van der Waals surface area contributed by atoms with Gasteiger partial charge in [0.2, 0.25) is 12.7 Å². The van der Waals surface area contributed by atoms with Gasteiger partial charge in [0.15, 0.2) is 11.5 Å². The van der Waals surface area contributed by atoms with Crippen LogP contribution in [0.25, 0.3) is 0 Å². The number of morpholine rings is 1. The lowest BCUT2D eigenvalue weighted by molar-refractivity contribution is -0.154. The predicted molar refractivity (Wildman–Crippen MR) is 96.2 cm³/mol. The van der Waals surface area contributed by atoms with Gasteiger partial charge in [-0.25, -0.2) is 0 Å². The molecule has 0 radical (unpaired) electrons. The number of nitrogens with zero attached hydrogens (tertiary/aromatic N) is 3. The van der Waals surface area contributed by atoms with Crippen molar-refractivity contribution in [1.82, 2.24) is 14.8 Å². The largest absolute Gasteiger partial charge is 0.454 e. The number of carbonyl (C=O) groups excluding carboxylic acids is 1. The molecule has 2 unspecified atom stereocenters. The predicted octanol–water partition coefficient (Wildman–Crippen LogP) is 1.42. The summed E-state index contributed by atoms with van der Waals surface area (Å²) in [6.45, 7) is 3.35. The third-order valence-electron chi connectivity index (χ3n) is 5.36. The van der Waals surface area contributed by atoms with Crippen LogP contribution >= 0.6 is 0 Å². The standard InChI is InChI=1S/C20H21N3O4/c24-20-12-25-19-11-22(8-14-4-5-17-18(7-14)27-13-26-17)10-16(19)23(20)9-15-3-1-2-6-21-15/h1-7,16,19H,8-13H2. The monoisotopic (exact) mass is 367 g/mol. The van der Waals surface area contributed by atoms with Gasteiger partial charge in [-0.2, -0.15) is 0 Å². The van der Waals surface area contributed by atoms with Crippen LogP contribution in [0.1, 0.15) is 11.3 Å². The highest BCUT2D eigenvalue weighted by molar-refractivity contribution is 5.78. The maximum Gasteiger partial charge on any atom is 0.249 e. The zero-order valence-electron chi connectivity index (χ0n) is 14.9. The molecule has 3 aliphatic rings. The first-order chi connectivity index (χ1) is 13.3. The molecule has 27 heavy (non-hydrogen) atoms. The lowest BCUT2D eigenvalue weighted by Gasteiger charge is -2.36. The minimum absolute atomic E-state index is 0.0341. The summed E-state index contributed by atoms with van der Waals surface area (Å²) in [5, 5.41) is 0. The maximum atomic E-state index is 12.5. The van der Waals surface area contributed by atoms with E-state index in [0.717, 1.165) is 36.8 Å². The Bertz CT molecular complexity index is 844. The molecule has 7 nitrogen and oxygen atoms in total. The minimum atomic E-state index is 0.0341. The van der Waals surface area contributed by atoms with Crippen LogP contribution < -0.4 is 9.47 Å². The van der Waals surface area contributed by atoms with E-state index in [1.807, 2.05) is 35.2 Å². The molecular weight excluding hydrogens is 346 g/mol. The van der Waals surface area contributed by atoms with Gasteiger partial charge in [-0.1, -0.05) is 12.1 Å². The Morgan fingerprint density at radius 2 is 2.00 bits per heavy atom. The van der Waals surface area contributed by atoms with Crippen molar-refractivity contribution >= 4 is 5.91 Å². The van der Waals surface area contributed by atoms with E-state index in [1.165, 1.54) is 5.56 Å². The molecule has 0 N–H and O–H groups in total. The number of carbonyl (C=O) groups is 1. The second kappa shape index (κ2) is 6.83. The Hall–Kier alpha value is -2.64. The second-order valence-electron chi connectivity index (χ2n) is 7.14. The van der Waals surface area contributed by atoms with Crippen LogP contribution in [0.5, 0.6) is 11.5 Å². The lowest BCUT2D eigenvalue weighted by Crippen LogP contribution is -2.53. The number of fused-ring (bicyclic) bond motifs is 2. The van der Waals surface area contributed by atoms with E-state index in [4.69, 9.17) is 14.2 Å².